The highest BCUT2D eigenvalue weighted by molar-refractivity contribution is 7.18. The van der Waals surface area contributed by atoms with Crippen LogP contribution in [0.4, 0.5) is 0 Å². The molecular weight excluding hydrogens is 320 g/mol. The molecule has 2 rings (SSSR count). The molecule has 0 spiro atoms. The third-order valence-electron chi connectivity index (χ3n) is 2.98. The quantitative estimate of drug-likeness (QED) is 0.642. The molecule has 6 heteroatoms. The zero-order chi connectivity index (χ0) is 15.9. The second-order valence-electron chi connectivity index (χ2n) is 4.62. The minimum Gasteiger partial charge on any atom is -0.484 e. The fourth-order valence-corrected chi connectivity index (χ4v) is 2.70. The lowest BCUT2D eigenvalue weighted by atomic mass is 10.2. The number of carbonyl (C=O) groups excluding carboxylic acids is 1. The van der Waals surface area contributed by atoms with Crippen LogP contribution in [0, 0.1) is 0 Å². The number of hydrogen-bond donors (Lipinski definition) is 1. The Kier molecular flexibility index (Phi) is 5.98. The maximum atomic E-state index is 11.7. The van der Waals surface area contributed by atoms with Crippen LogP contribution in [-0.2, 0) is 11.2 Å². The molecule has 1 aromatic heterocycles. The second kappa shape index (κ2) is 7.96. The van der Waals surface area contributed by atoms with Crippen molar-refractivity contribution in [2.24, 2.45) is 5.10 Å². The van der Waals surface area contributed by atoms with E-state index in [4.69, 9.17) is 16.3 Å². The van der Waals surface area contributed by atoms with Crippen molar-refractivity contribution >= 4 is 34.6 Å². The van der Waals surface area contributed by atoms with E-state index in [0.29, 0.717) is 15.8 Å². The van der Waals surface area contributed by atoms with Gasteiger partial charge in [0.2, 0.25) is 0 Å². The number of aryl methyl sites for hydroxylation is 1. The Morgan fingerprint density at radius 2 is 2.00 bits per heavy atom. The van der Waals surface area contributed by atoms with Crippen LogP contribution in [0.25, 0.3) is 0 Å². The molecule has 0 radical (unpaired) electrons. The summed E-state index contributed by atoms with van der Waals surface area (Å²) in [6.45, 7) is 3.82. The van der Waals surface area contributed by atoms with Gasteiger partial charge < -0.3 is 4.74 Å². The Bertz CT molecular complexity index is 665. The van der Waals surface area contributed by atoms with Gasteiger partial charge >= 0.3 is 0 Å². The van der Waals surface area contributed by atoms with E-state index in [2.05, 4.69) is 17.5 Å². The van der Waals surface area contributed by atoms with Gasteiger partial charge in [-0.05, 0) is 43.2 Å². The highest BCUT2D eigenvalue weighted by Crippen LogP contribution is 2.21. The summed E-state index contributed by atoms with van der Waals surface area (Å²) in [5.74, 6) is 0.361. The van der Waals surface area contributed by atoms with Crippen LogP contribution in [0.1, 0.15) is 24.3 Å². The molecule has 1 N–H and O–H groups in total. The Balaban J connectivity index is 1.82. The van der Waals surface area contributed by atoms with Crippen molar-refractivity contribution in [3.63, 3.8) is 0 Å². The average Bonchev–Trinajstić information content (AvgIpc) is 2.97. The van der Waals surface area contributed by atoms with Crippen molar-refractivity contribution in [3.05, 3.63) is 51.2 Å². The summed E-state index contributed by atoms with van der Waals surface area (Å²) in [5, 5.41) is 4.04. The van der Waals surface area contributed by atoms with Gasteiger partial charge in [0.1, 0.15) is 5.75 Å². The molecule has 0 atom stereocenters. The smallest absolute Gasteiger partial charge is 0.277 e. The molecule has 0 aliphatic heterocycles. The van der Waals surface area contributed by atoms with E-state index in [-0.39, 0.29) is 12.5 Å². The molecule has 1 aromatic carbocycles. The topological polar surface area (TPSA) is 50.7 Å². The van der Waals surface area contributed by atoms with E-state index in [1.807, 2.05) is 37.3 Å². The van der Waals surface area contributed by atoms with Crippen molar-refractivity contribution < 1.29 is 9.53 Å². The van der Waals surface area contributed by atoms with E-state index >= 15 is 0 Å². The first-order chi connectivity index (χ1) is 10.6. The highest BCUT2D eigenvalue weighted by atomic mass is 35.5. The van der Waals surface area contributed by atoms with Crippen molar-refractivity contribution in [2.45, 2.75) is 20.3 Å². The number of rotatable bonds is 6. The van der Waals surface area contributed by atoms with Gasteiger partial charge in [-0.2, -0.15) is 5.10 Å². The van der Waals surface area contributed by atoms with Crippen LogP contribution in [0.15, 0.2) is 41.5 Å². The third-order valence-corrected chi connectivity index (χ3v) is 4.32. The second-order valence-corrected chi connectivity index (χ2v) is 6.34. The number of hydrogen-bond acceptors (Lipinski definition) is 4. The monoisotopic (exact) mass is 336 g/mol. The Morgan fingerprint density at radius 3 is 2.59 bits per heavy atom. The van der Waals surface area contributed by atoms with Crippen molar-refractivity contribution in [2.75, 3.05) is 6.61 Å². The van der Waals surface area contributed by atoms with E-state index in [9.17, 15) is 4.79 Å². The van der Waals surface area contributed by atoms with Gasteiger partial charge in [0.15, 0.2) is 6.61 Å². The molecule has 116 valence electrons. The zero-order valence-electron chi connectivity index (χ0n) is 12.4. The summed E-state index contributed by atoms with van der Waals surface area (Å²) in [6, 6.07) is 11.3. The fraction of sp³-hybridized carbons (Fsp3) is 0.250. The largest absolute Gasteiger partial charge is 0.484 e. The molecular formula is C16H17ClN2O2S. The Hall–Kier alpha value is -1.85. The first-order valence-electron chi connectivity index (χ1n) is 6.89. The first kappa shape index (κ1) is 16.5. The third kappa shape index (κ3) is 4.86. The standard InChI is InChI=1S/C16H17ClN2O2S/c1-3-12-4-6-13(7-5-12)21-10-16(20)19-18-11(2)14-8-9-15(17)22-14/h4-9H,3,10H2,1-2H3,(H,19,20)/b18-11-. The number of nitrogens with zero attached hydrogens (tertiary/aromatic N) is 1. The molecule has 22 heavy (non-hydrogen) atoms. The van der Waals surface area contributed by atoms with Crippen molar-refractivity contribution in [3.8, 4) is 5.75 Å². The predicted octanol–water partition coefficient (Wildman–Crippen LogP) is 3.88. The van der Waals surface area contributed by atoms with Crippen LogP contribution in [0.2, 0.25) is 4.34 Å². The van der Waals surface area contributed by atoms with Crippen LogP contribution < -0.4 is 10.2 Å². The van der Waals surface area contributed by atoms with E-state index < -0.39 is 0 Å². The van der Waals surface area contributed by atoms with Gasteiger partial charge in [-0.1, -0.05) is 30.7 Å². The Morgan fingerprint density at radius 1 is 1.27 bits per heavy atom. The summed E-state index contributed by atoms with van der Waals surface area (Å²) in [6.07, 6.45) is 0.974. The number of benzene rings is 1. The van der Waals surface area contributed by atoms with Crippen molar-refractivity contribution in [1.82, 2.24) is 5.43 Å². The molecule has 1 amide bonds. The molecule has 4 nitrogen and oxygen atoms in total. The minimum atomic E-state index is -0.304. The van der Waals surface area contributed by atoms with Gasteiger partial charge in [-0.15, -0.1) is 11.3 Å². The Labute approximate surface area is 138 Å². The van der Waals surface area contributed by atoms with Gasteiger partial charge in [-0.3, -0.25) is 4.79 Å². The number of hydrazone groups is 1. The van der Waals surface area contributed by atoms with Crippen molar-refractivity contribution in [1.29, 1.82) is 0 Å². The molecule has 0 aliphatic rings. The summed E-state index contributed by atoms with van der Waals surface area (Å²) >= 11 is 7.28. The summed E-state index contributed by atoms with van der Waals surface area (Å²) in [5.41, 5.74) is 4.41. The lowest BCUT2D eigenvalue weighted by Gasteiger charge is -2.06. The van der Waals surface area contributed by atoms with E-state index in [0.717, 1.165) is 11.3 Å². The molecule has 2 aromatic rings. The van der Waals surface area contributed by atoms with E-state index in [1.165, 1.54) is 16.9 Å². The molecule has 0 bridgehead atoms. The van der Waals surface area contributed by atoms with Gasteiger partial charge in [0.05, 0.1) is 14.9 Å². The van der Waals surface area contributed by atoms with Crippen LogP contribution in [-0.4, -0.2) is 18.2 Å². The maximum absolute atomic E-state index is 11.7. The number of amides is 1. The fourth-order valence-electron chi connectivity index (χ4n) is 1.71. The number of ether oxygens (including phenoxy) is 1. The van der Waals surface area contributed by atoms with Crippen LogP contribution in [0.3, 0.4) is 0 Å². The molecule has 0 saturated heterocycles. The SMILES string of the molecule is CCc1ccc(OCC(=O)N/N=C(/C)c2ccc(Cl)s2)cc1. The van der Waals surface area contributed by atoms with Gasteiger partial charge in [-0.25, -0.2) is 5.43 Å². The summed E-state index contributed by atoms with van der Waals surface area (Å²) in [7, 11) is 0. The van der Waals surface area contributed by atoms with Gasteiger partial charge in [0, 0.05) is 0 Å². The normalized spacial score (nSPS) is 11.3. The van der Waals surface area contributed by atoms with E-state index in [1.54, 1.807) is 6.07 Å². The maximum Gasteiger partial charge on any atom is 0.277 e. The lowest BCUT2D eigenvalue weighted by molar-refractivity contribution is -0.123. The number of carbonyl (C=O) groups is 1. The minimum absolute atomic E-state index is 0.0759. The molecule has 1 heterocycles. The molecule has 0 aliphatic carbocycles. The zero-order valence-corrected chi connectivity index (χ0v) is 14.0. The lowest BCUT2D eigenvalue weighted by Crippen LogP contribution is -2.25. The number of halogens is 1. The number of thiophene rings is 1. The van der Waals surface area contributed by atoms with Crippen LogP contribution in [0.5, 0.6) is 5.75 Å². The highest BCUT2D eigenvalue weighted by Gasteiger charge is 2.04. The predicted molar refractivity (Wildman–Crippen MR) is 91.0 cm³/mol. The van der Waals surface area contributed by atoms with Crippen LogP contribution >= 0.6 is 22.9 Å². The summed E-state index contributed by atoms with van der Waals surface area (Å²) < 4.78 is 6.10. The molecule has 0 unspecified atom stereocenters. The molecule has 0 saturated carbocycles. The first-order valence-corrected chi connectivity index (χ1v) is 8.08. The average molecular weight is 337 g/mol. The summed E-state index contributed by atoms with van der Waals surface area (Å²) in [4.78, 5) is 12.6. The molecule has 0 fully saturated rings. The number of nitrogens with one attached hydrogen (secondary N) is 1. The van der Waals surface area contributed by atoms with Gasteiger partial charge in [0.25, 0.3) is 5.91 Å².